The van der Waals surface area contributed by atoms with Gasteiger partial charge in [-0.15, -0.1) is 0 Å². The normalized spacial score (nSPS) is 13.7. The summed E-state index contributed by atoms with van der Waals surface area (Å²) in [6, 6.07) is 0. The van der Waals surface area contributed by atoms with E-state index in [1.165, 1.54) is 193 Å². The Kier molecular flexibility index (Phi) is 49.1. The van der Waals surface area contributed by atoms with Crippen molar-refractivity contribution in [1.29, 1.82) is 0 Å². The lowest BCUT2D eigenvalue weighted by molar-refractivity contribution is -0.870. The number of nitrogens with zero attached hydrogens (tertiary/aromatic N) is 1. The first-order chi connectivity index (χ1) is 32.1. The van der Waals surface area contributed by atoms with Gasteiger partial charge in [0.15, 0.2) is 0 Å². The number of hydrogen-bond donors (Lipinski definition) is 0. The second-order valence-corrected chi connectivity index (χ2v) is 21.7. The average molecular weight is 952 g/mol. The number of allylic oxidation sites excluding steroid dienone is 6. The van der Waals surface area contributed by atoms with Crippen molar-refractivity contribution in [2.75, 3.05) is 54.1 Å². The van der Waals surface area contributed by atoms with Gasteiger partial charge < -0.3 is 27.9 Å². The Labute approximate surface area is 410 Å². The molecule has 0 saturated carbocycles. The molecule has 8 nitrogen and oxygen atoms in total. The van der Waals surface area contributed by atoms with Gasteiger partial charge in [0.25, 0.3) is 7.82 Å². The van der Waals surface area contributed by atoms with Crippen molar-refractivity contribution in [1.82, 2.24) is 0 Å². The minimum atomic E-state index is -4.53. The third kappa shape index (κ3) is 53.7. The van der Waals surface area contributed by atoms with Crippen LogP contribution in [0.5, 0.6) is 0 Å². The van der Waals surface area contributed by atoms with Crippen LogP contribution in [-0.4, -0.2) is 70.7 Å². The molecule has 0 aromatic heterocycles. The van der Waals surface area contributed by atoms with Crippen molar-refractivity contribution in [3.05, 3.63) is 36.5 Å². The van der Waals surface area contributed by atoms with E-state index in [2.05, 4.69) is 50.3 Å². The van der Waals surface area contributed by atoms with Gasteiger partial charge >= 0.3 is 5.97 Å². The van der Waals surface area contributed by atoms with Crippen LogP contribution in [0.1, 0.15) is 264 Å². The molecule has 0 aliphatic rings. The van der Waals surface area contributed by atoms with Crippen LogP contribution in [-0.2, 0) is 27.9 Å². The van der Waals surface area contributed by atoms with Crippen LogP contribution in [0.4, 0.5) is 0 Å². The maximum atomic E-state index is 12.8. The molecule has 0 heterocycles. The molecular formula is C57H110NO7P. The maximum absolute atomic E-state index is 12.8. The van der Waals surface area contributed by atoms with Gasteiger partial charge in [-0.2, -0.15) is 0 Å². The fourth-order valence-corrected chi connectivity index (χ4v) is 8.81. The number of hydrogen-bond acceptors (Lipinski definition) is 7. The summed E-state index contributed by atoms with van der Waals surface area (Å²) >= 11 is 0. The van der Waals surface area contributed by atoms with E-state index in [0.29, 0.717) is 24.1 Å². The minimum Gasteiger partial charge on any atom is -0.756 e. The Morgan fingerprint density at radius 3 is 1.27 bits per heavy atom. The molecule has 0 N–H and O–H groups in total. The van der Waals surface area contributed by atoms with E-state index in [1.54, 1.807) is 0 Å². The van der Waals surface area contributed by atoms with Gasteiger partial charge in [0.1, 0.15) is 19.3 Å². The largest absolute Gasteiger partial charge is 0.756 e. The van der Waals surface area contributed by atoms with Crippen molar-refractivity contribution in [2.45, 2.75) is 270 Å². The number of carbonyl (C=O) groups excluding carboxylic acids is 1. The number of phosphoric ester groups is 1. The molecule has 9 heteroatoms. The first-order valence-corrected chi connectivity index (χ1v) is 29.7. The highest BCUT2D eigenvalue weighted by molar-refractivity contribution is 7.45. The molecule has 0 aromatic carbocycles. The van der Waals surface area contributed by atoms with E-state index in [4.69, 9.17) is 18.5 Å². The summed E-state index contributed by atoms with van der Waals surface area (Å²) in [7, 11) is 1.36. The van der Waals surface area contributed by atoms with Gasteiger partial charge in [-0.25, -0.2) is 0 Å². The van der Waals surface area contributed by atoms with Crippen LogP contribution in [0, 0.1) is 0 Å². The number of rotatable bonds is 53. The van der Waals surface area contributed by atoms with Crippen molar-refractivity contribution in [2.24, 2.45) is 0 Å². The van der Waals surface area contributed by atoms with Gasteiger partial charge in [0, 0.05) is 13.0 Å². The first-order valence-electron chi connectivity index (χ1n) is 28.2. The zero-order valence-electron chi connectivity index (χ0n) is 44.4. The summed E-state index contributed by atoms with van der Waals surface area (Å²) in [5.41, 5.74) is 0. The van der Waals surface area contributed by atoms with E-state index >= 15 is 0 Å². The van der Waals surface area contributed by atoms with E-state index in [1.807, 2.05) is 21.1 Å². The third-order valence-corrected chi connectivity index (χ3v) is 13.4. The quantitative estimate of drug-likeness (QED) is 0.0197. The minimum absolute atomic E-state index is 0.0252. The van der Waals surface area contributed by atoms with Crippen LogP contribution in [0.3, 0.4) is 0 Å². The molecule has 2 atom stereocenters. The summed E-state index contributed by atoms with van der Waals surface area (Å²) in [4.78, 5) is 25.2. The van der Waals surface area contributed by atoms with Crippen LogP contribution < -0.4 is 4.89 Å². The lowest BCUT2D eigenvalue weighted by Gasteiger charge is -2.28. The summed E-state index contributed by atoms with van der Waals surface area (Å²) in [5, 5.41) is 0. The van der Waals surface area contributed by atoms with Gasteiger partial charge in [0.05, 0.1) is 34.4 Å². The van der Waals surface area contributed by atoms with E-state index in [9.17, 15) is 14.3 Å². The van der Waals surface area contributed by atoms with Crippen LogP contribution >= 0.6 is 7.82 Å². The zero-order valence-corrected chi connectivity index (χ0v) is 45.3. The molecule has 0 bridgehead atoms. The molecule has 0 radical (unpaired) electrons. The Morgan fingerprint density at radius 2 is 0.833 bits per heavy atom. The second-order valence-electron chi connectivity index (χ2n) is 20.3. The van der Waals surface area contributed by atoms with E-state index in [-0.39, 0.29) is 25.8 Å². The topological polar surface area (TPSA) is 94.1 Å². The molecule has 66 heavy (non-hydrogen) atoms. The number of quaternary nitrogens is 1. The van der Waals surface area contributed by atoms with Crippen molar-refractivity contribution >= 4 is 13.8 Å². The number of likely N-dealkylation sites (N-methyl/N-ethyl adjacent to an activating group) is 1. The number of unbranched alkanes of at least 4 members (excludes halogenated alkanes) is 33. The highest BCUT2D eigenvalue weighted by Crippen LogP contribution is 2.38. The molecular weight excluding hydrogens is 842 g/mol. The lowest BCUT2D eigenvalue weighted by atomic mass is 10.0. The van der Waals surface area contributed by atoms with Crippen LogP contribution in [0.15, 0.2) is 36.5 Å². The Balaban J connectivity index is 4.07. The summed E-state index contributed by atoms with van der Waals surface area (Å²) in [6.45, 7) is 5.41. The fraction of sp³-hybridized carbons (Fsp3) is 0.877. The molecule has 0 amide bonds. The average Bonchev–Trinajstić information content (AvgIpc) is 3.28. The SMILES string of the molecule is CCCCC/C=C\C/C=C\C/C=C\CCCCCCCCCOCC(COP(=O)([O-])OCC[N+](C)(C)C)OC(=O)CCCCCCCCCCCCCCCCCCCCCCCCCC. The molecule has 0 aliphatic heterocycles. The molecule has 0 rings (SSSR count). The molecule has 2 unspecified atom stereocenters. The molecule has 0 spiro atoms. The van der Waals surface area contributed by atoms with E-state index in [0.717, 1.165) is 51.4 Å². The van der Waals surface area contributed by atoms with Crippen molar-refractivity contribution in [3.8, 4) is 0 Å². The molecule has 0 fully saturated rings. The van der Waals surface area contributed by atoms with Gasteiger partial charge in [-0.1, -0.05) is 243 Å². The van der Waals surface area contributed by atoms with Crippen LogP contribution in [0.25, 0.3) is 0 Å². The number of esters is 1. The molecule has 0 saturated heterocycles. The van der Waals surface area contributed by atoms with Crippen molar-refractivity contribution < 1.29 is 37.3 Å². The number of ether oxygens (including phenoxy) is 2. The lowest BCUT2D eigenvalue weighted by Crippen LogP contribution is -2.37. The Bertz CT molecular complexity index is 1150. The number of carbonyl (C=O) groups is 1. The summed E-state index contributed by atoms with van der Waals surface area (Å²) < 4.78 is 34.8. The van der Waals surface area contributed by atoms with Crippen molar-refractivity contribution in [3.63, 3.8) is 0 Å². The Hall–Kier alpha value is -1.28. The van der Waals surface area contributed by atoms with Gasteiger partial charge in [-0.3, -0.25) is 9.36 Å². The fourth-order valence-electron chi connectivity index (χ4n) is 8.09. The molecule has 390 valence electrons. The molecule has 0 aliphatic carbocycles. The zero-order chi connectivity index (χ0) is 48.3. The maximum Gasteiger partial charge on any atom is 0.306 e. The highest BCUT2D eigenvalue weighted by Gasteiger charge is 2.20. The summed E-state index contributed by atoms with van der Waals surface area (Å²) in [5.74, 6) is -0.332. The predicted octanol–water partition coefficient (Wildman–Crippen LogP) is 17.0. The number of phosphoric acid groups is 1. The molecule has 0 aromatic rings. The standard InChI is InChI=1S/C57H110NO7P/c1-6-8-10-12-14-16-18-20-22-24-26-28-29-30-31-32-34-36-38-40-42-44-46-48-50-57(59)65-56(55-64-66(60,61)63-53-51-58(3,4)5)54-62-52-49-47-45-43-41-39-37-35-33-27-25-23-21-19-17-15-13-11-9-7-2/h15,17,21,23,27,33,56H,6-14,16,18-20,22,24-26,28-32,34-55H2,1-5H3/b17-15-,23-21-,33-27-. The summed E-state index contributed by atoms with van der Waals surface area (Å²) in [6.07, 6.45) is 61.8. The third-order valence-electron chi connectivity index (χ3n) is 12.4. The van der Waals surface area contributed by atoms with Gasteiger partial charge in [-0.05, 0) is 51.4 Å². The highest BCUT2D eigenvalue weighted by atomic mass is 31.2. The van der Waals surface area contributed by atoms with Gasteiger partial charge in [0.2, 0.25) is 0 Å². The smallest absolute Gasteiger partial charge is 0.306 e. The van der Waals surface area contributed by atoms with E-state index < -0.39 is 13.9 Å². The van der Waals surface area contributed by atoms with Crippen LogP contribution in [0.2, 0.25) is 0 Å². The first kappa shape index (κ1) is 64.7. The monoisotopic (exact) mass is 952 g/mol. The Morgan fingerprint density at radius 1 is 0.470 bits per heavy atom. The second kappa shape index (κ2) is 50.1. The predicted molar refractivity (Wildman–Crippen MR) is 282 cm³/mol.